The molecule has 0 aromatic heterocycles. The fourth-order valence-corrected chi connectivity index (χ4v) is 4.85. The van der Waals surface area contributed by atoms with Crippen molar-refractivity contribution in [2.45, 2.75) is 44.7 Å². The molecule has 1 unspecified atom stereocenters. The van der Waals surface area contributed by atoms with E-state index in [1.807, 2.05) is 61.5 Å². The predicted octanol–water partition coefficient (Wildman–Crippen LogP) is 5.20. The lowest BCUT2D eigenvalue weighted by atomic mass is 9.98. The topological polar surface area (TPSA) is 95.9 Å². The van der Waals surface area contributed by atoms with Gasteiger partial charge >= 0.3 is 12.1 Å². The van der Waals surface area contributed by atoms with E-state index in [4.69, 9.17) is 4.74 Å². The van der Waals surface area contributed by atoms with Crippen LogP contribution in [0.5, 0.6) is 0 Å². The highest BCUT2D eigenvalue weighted by Gasteiger charge is 2.30. The van der Waals surface area contributed by atoms with Gasteiger partial charge in [-0.3, -0.25) is 9.59 Å². The van der Waals surface area contributed by atoms with Crippen molar-refractivity contribution in [3.8, 4) is 11.1 Å². The summed E-state index contributed by atoms with van der Waals surface area (Å²) in [5.74, 6) is -1.38. The van der Waals surface area contributed by atoms with Crippen molar-refractivity contribution in [2.24, 2.45) is 0 Å². The Morgan fingerprint density at radius 1 is 0.919 bits per heavy atom. The Hall–Kier alpha value is -4.13. The van der Waals surface area contributed by atoms with Crippen LogP contribution < -0.4 is 5.32 Å². The fraction of sp³-hybridized carbons (Fsp3) is 0.300. The lowest BCUT2D eigenvalue weighted by Crippen LogP contribution is -2.49. The zero-order chi connectivity index (χ0) is 26.2. The average Bonchev–Trinajstić information content (AvgIpc) is 3.23. The summed E-state index contributed by atoms with van der Waals surface area (Å²) < 4.78 is 5.65. The Morgan fingerprint density at radius 2 is 1.51 bits per heavy atom. The molecule has 0 fully saturated rings. The second kappa shape index (κ2) is 12.2. The Balaban J connectivity index is 1.43. The molecule has 1 aliphatic rings. The molecule has 1 aliphatic carbocycles. The van der Waals surface area contributed by atoms with Crippen LogP contribution >= 0.6 is 0 Å². The van der Waals surface area contributed by atoms with Gasteiger partial charge in [0, 0.05) is 19.0 Å². The number of hydrogen-bond acceptors (Lipinski definition) is 4. The molecule has 2 N–H and O–H groups in total. The molecule has 0 saturated carbocycles. The number of alkyl carbamates (subject to hydrolysis) is 1. The number of nitrogens with one attached hydrogen (secondary N) is 1. The lowest BCUT2D eigenvalue weighted by molar-refractivity contribution is -0.139. The first-order chi connectivity index (χ1) is 18.0. The lowest BCUT2D eigenvalue weighted by Gasteiger charge is -2.27. The van der Waals surface area contributed by atoms with Gasteiger partial charge in [0.05, 0.1) is 6.42 Å². The first-order valence-corrected chi connectivity index (χ1v) is 12.6. The van der Waals surface area contributed by atoms with Crippen LogP contribution in [0.1, 0.15) is 48.8 Å². The van der Waals surface area contributed by atoms with E-state index < -0.39 is 18.1 Å². The molecule has 0 radical (unpaired) electrons. The maximum absolute atomic E-state index is 13.4. The number of hydrogen-bond donors (Lipinski definition) is 2. The number of carboxylic acid groups (broad SMARTS) is 1. The molecule has 3 aromatic carbocycles. The molecular formula is C30H32N2O5. The minimum Gasteiger partial charge on any atom is -0.481 e. The number of carbonyl (C=O) groups excluding carboxylic acids is 2. The summed E-state index contributed by atoms with van der Waals surface area (Å²) >= 11 is 0. The molecule has 0 heterocycles. The molecular weight excluding hydrogens is 468 g/mol. The number of nitrogens with zero attached hydrogens (tertiary/aromatic N) is 1. The third kappa shape index (κ3) is 6.36. The zero-order valence-corrected chi connectivity index (χ0v) is 20.9. The summed E-state index contributed by atoms with van der Waals surface area (Å²) in [6.45, 7) is 2.40. The monoisotopic (exact) mass is 500 g/mol. The van der Waals surface area contributed by atoms with Crippen molar-refractivity contribution in [1.29, 1.82) is 0 Å². The molecule has 1 atom stereocenters. The second-order valence-corrected chi connectivity index (χ2v) is 9.20. The third-order valence-corrected chi connectivity index (χ3v) is 6.63. The van der Waals surface area contributed by atoms with E-state index in [0.29, 0.717) is 12.8 Å². The molecule has 4 rings (SSSR count). The molecule has 0 aliphatic heterocycles. The minimum atomic E-state index is -0.984. The number of fused-ring (bicyclic) bond motifs is 3. The first kappa shape index (κ1) is 25.9. The Bertz CT molecular complexity index is 1200. The molecule has 0 bridgehead atoms. The van der Waals surface area contributed by atoms with E-state index in [1.165, 1.54) is 4.90 Å². The molecule has 0 spiro atoms. The van der Waals surface area contributed by atoms with Crippen molar-refractivity contribution in [1.82, 2.24) is 10.2 Å². The van der Waals surface area contributed by atoms with Gasteiger partial charge in [0.2, 0.25) is 5.91 Å². The van der Waals surface area contributed by atoms with E-state index in [1.54, 1.807) is 0 Å². The van der Waals surface area contributed by atoms with Crippen molar-refractivity contribution in [3.63, 3.8) is 0 Å². The largest absolute Gasteiger partial charge is 0.481 e. The third-order valence-electron chi connectivity index (χ3n) is 6.63. The maximum atomic E-state index is 13.4. The minimum absolute atomic E-state index is 0.0512. The number of amides is 2. The van der Waals surface area contributed by atoms with Gasteiger partial charge in [0.25, 0.3) is 0 Å². The van der Waals surface area contributed by atoms with Gasteiger partial charge in [0.1, 0.15) is 12.6 Å². The molecule has 2 amide bonds. The number of ether oxygens (including phenoxy) is 1. The van der Waals surface area contributed by atoms with E-state index >= 15 is 0 Å². The van der Waals surface area contributed by atoms with Crippen LogP contribution in [0, 0.1) is 0 Å². The van der Waals surface area contributed by atoms with Gasteiger partial charge in [-0.2, -0.15) is 0 Å². The van der Waals surface area contributed by atoms with E-state index in [0.717, 1.165) is 27.8 Å². The van der Waals surface area contributed by atoms with E-state index in [9.17, 15) is 19.5 Å². The standard InChI is InChI=1S/C30H32N2O5/c1-2-10-27(29(35)32(18-17-28(33)34)19-21-11-4-3-5-12-21)31-30(36)37-20-26-24-15-8-6-13-22(24)23-14-7-9-16-25(23)26/h3-9,11-16,26-27H,2,10,17-20H2,1H3,(H,31,36)(H,33,34). The van der Waals surface area contributed by atoms with E-state index in [2.05, 4.69) is 29.6 Å². The highest BCUT2D eigenvalue weighted by molar-refractivity contribution is 5.86. The summed E-state index contributed by atoms with van der Waals surface area (Å²) in [5.41, 5.74) is 5.39. The Labute approximate surface area is 217 Å². The molecule has 0 saturated heterocycles. The molecule has 7 heteroatoms. The predicted molar refractivity (Wildman–Crippen MR) is 141 cm³/mol. The van der Waals surface area contributed by atoms with Crippen molar-refractivity contribution in [3.05, 3.63) is 95.6 Å². The molecule has 3 aromatic rings. The van der Waals surface area contributed by atoms with Crippen molar-refractivity contribution in [2.75, 3.05) is 13.2 Å². The van der Waals surface area contributed by atoms with Crippen LogP contribution in [0.25, 0.3) is 11.1 Å². The van der Waals surface area contributed by atoms with Crippen LogP contribution in [-0.4, -0.2) is 47.2 Å². The highest BCUT2D eigenvalue weighted by Crippen LogP contribution is 2.44. The molecule has 37 heavy (non-hydrogen) atoms. The number of benzene rings is 3. The van der Waals surface area contributed by atoms with Crippen LogP contribution in [0.2, 0.25) is 0 Å². The SMILES string of the molecule is CCCC(NC(=O)OCC1c2ccccc2-c2ccccc21)C(=O)N(CCC(=O)O)Cc1ccccc1. The molecule has 7 nitrogen and oxygen atoms in total. The van der Waals surface area contributed by atoms with Gasteiger partial charge in [-0.15, -0.1) is 0 Å². The summed E-state index contributed by atoms with van der Waals surface area (Å²) in [6, 6.07) is 24.8. The summed E-state index contributed by atoms with van der Waals surface area (Å²) in [6.07, 6.45) is 0.244. The van der Waals surface area contributed by atoms with Gasteiger partial charge < -0.3 is 20.1 Å². The first-order valence-electron chi connectivity index (χ1n) is 12.6. The van der Waals surface area contributed by atoms with Gasteiger partial charge in [0.15, 0.2) is 0 Å². The van der Waals surface area contributed by atoms with E-state index in [-0.39, 0.29) is 37.9 Å². The van der Waals surface area contributed by atoms with Crippen molar-refractivity contribution < 1.29 is 24.2 Å². The number of carboxylic acids is 1. The smallest absolute Gasteiger partial charge is 0.407 e. The zero-order valence-electron chi connectivity index (χ0n) is 20.9. The van der Waals surface area contributed by atoms with Crippen LogP contribution in [0.4, 0.5) is 4.79 Å². The number of carbonyl (C=O) groups is 3. The maximum Gasteiger partial charge on any atom is 0.407 e. The normalized spacial score (nSPS) is 12.8. The van der Waals surface area contributed by atoms with Gasteiger partial charge in [-0.1, -0.05) is 92.2 Å². The average molecular weight is 501 g/mol. The quantitative estimate of drug-likeness (QED) is 0.377. The molecule has 192 valence electrons. The van der Waals surface area contributed by atoms with Gasteiger partial charge in [-0.25, -0.2) is 4.79 Å². The number of aliphatic carboxylic acids is 1. The fourth-order valence-electron chi connectivity index (χ4n) is 4.85. The Morgan fingerprint density at radius 3 is 2.11 bits per heavy atom. The summed E-state index contributed by atoms with van der Waals surface area (Å²) in [4.78, 5) is 39.0. The van der Waals surface area contributed by atoms with Crippen LogP contribution in [0.3, 0.4) is 0 Å². The Kier molecular flexibility index (Phi) is 8.56. The summed E-state index contributed by atoms with van der Waals surface area (Å²) in [5, 5.41) is 11.9. The number of rotatable bonds is 11. The summed E-state index contributed by atoms with van der Waals surface area (Å²) in [7, 11) is 0. The van der Waals surface area contributed by atoms with Crippen LogP contribution in [-0.2, 0) is 20.9 Å². The second-order valence-electron chi connectivity index (χ2n) is 9.20. The van der Waals surface area contributed by atoms with Crippen molar-refractivity contribution >= 4 is 18.0 Å². The van der Waals surface area contributed by atoms with Crippen LogP contribution in [0.15, 0.2) is 78.9 Å². The highest BCUT2D eigenvalue weighted by atomic mass is 16.5. The van der Waals surface area contributed by atoms with Gasteiger partial charge in [-0.05, 0) is 34.2 Å².